The third-order valence-electron chi connectivity index (χ3n) is 6.25. The Morgan fingerprint density at radius 2 is 1.92 bits per heavy atom. The molecule has 142 valence electrons. The minimum Gasteiger partial charge on any atom is -0.387 e. The van der Waals surface area contributed by atoms with E-state index in [-0.39, 0.29) is 16.8 Å². The molecule has 1 heterocycles. The molecule has 7 heteroatoms. The molecule has 1 aromatic rings. The molecule has 26 heavy (non-hydrogen) atoms. The van der Waals surface area contributed by atoms with E-state index in [9.17, 15) is 13.2 Å². The molecule has 3 fully saturated rings. The van der Waals surface area contributed by atoms with Crippen molar-refractivity contribution in [2.45, 2.75) is 49.5 Å². The zero-order valence-electron chi connectivity index (χ0n) is 15.2. The minimum atomic E-state index is -3.58. The summed E-state index contributed by atoms with van der Waals surface area (Å²) in [5, 5.41) is 6.09. The van der Waals surface area contributed by atoms with Crippen molar-refractivity contribution in [2.24, 2.45) is 11.8 Å². The van der Waals surface area contributed by atoms with Crippen LogP contribution in [0.1, 0.15) is 48.9 Å². The number of hydrogen-bond acceptors (Lipinski definition) is 4. The molecule has 2 aliphatic carbocycles. The van der Waals surface area contributed by atoms with E-state index in [0.29, 0.717) is 30.3 Å². The van der Waals surface area contributed by atoms with E-state index in [0.717, 1.165) is 25.2 Å². The van der Waals surface area contributed by atoms with E-state index < -0.39 is 10.0 Å². The first-order valence-electron chi connectivity index (χ1n) is 9.62. The summed E-state index contributed by atoms with van der Waals surface area (Å²) in [4.78, 5) is 12.9. The summed E-state index contributed by atoms with van der Waals surface area (Å²) in [6.45, 7) is 1.10. The van der Waals surface area contributed by atoms with Gasteiger partial charge in [0.1, 0.15) is 4.90 Å². The number of carbonyl (C=O) groups excluding carboxylic acids is 1. The molecule has 1 aliphatic heterocycles. The zero-order chi connectivity index (χ0) is 18.3. The summed E-state index contributed by atoms with van der Waals surface area (Å²) in [7, 11) is -1.88. The van der Waals surface area contributed by atoms with E-state index >= 15 is 0 Å². The predicted octanol–water partition coefficient (Wildman–Crippen LogP) is 2.43. The highest BCUT2D eigenvalue weighted by molar-refractivity contribution is 7.89. The van der Waals surface area contributed by atoms with Gasteiger partial charge in [0, 0.05) is 31.7 Å². The highest BCUT2D eigenvalue weighted by Gasteiger charge is 2.40. The summed E-state index contributed by atoms with van der Waals surface area (Å²) in [6.07, 6.45) is 6.54. The molecule has 3 unspecified atom stereocenters. The number of carbonyl (C=O) groups is 1. The lowest BCUT2D eigenvalue weighted by molar-refractivity contribution is 0.0922. The van der Waals surface area contributed by atoms with Crippen molar-refractivity contribution in [2.75, 3.05) is 25.5 Å². The van der Waals surface area contributed by atoms with Crippen LogP contribution in [0.4, 0.5) is 5.69 Å². The highest BCUT2D eigenvalue weighted by Crippen LogP contribution is 2.44. The second kappa shape index (κ2) is 6.85. The topological polar surface area (TPSA) is 78.5 Å². The van der Waals surface area contributed by atoms with Crippen LogP contribution >= 0.6 is 0 Å². The van der Waals surface area contributed by atoms with Crippen molar-refractivity contribution in [1.29, 1.82) is 0 Å². The van der Waals surface area contributed by atoms with Crippen LogP contribution in [-0.2, 0) is 10.0 Å². The summed E-state index contributed by atoms with van der Waals surface area (Å²) < 4.78 is 27.5. The predicted molar refractivity (Wildman–Crippen MR) is 101 cm³/mol. The molecule has 1 aromatic carbocycles. The van der Waals surface area contributed by atoms with Crippen LogP contribution in [0, 0.1) is 11.8 Å². The lowest BCUT2D eigenvalue weighted by atomic mass is 9.95. The molecule has 2 N–H and O–H groups in total. The van der Waals surface area contributed by atoms with Gasteiger partial charge in [0.25, 0.3) is 5.91 Å². The quantitative estimate of drug-likeness (QED) is 0.826. The van der Waals surface area contributed by atoms with Gasteiger partial charge in [-0.3, -0.25) is 4.79 Å². The Balaban J connectivity index is 1.58. The molecular weight excluding hydrogens is 350 g/mol. The van der Waals surface area contributed by atoms with Gasteiger partial charge in [0.15, 0.2) is 0 Å². The van der Waals surface area contributed by atoms with Gasteiger partial charge in [-0.1, -0.05) is 6.42 Å². The van der Waals surface area contributed by atoms with Crippen molar-refractivity contribution in [3.8, 4) is 0 Å². The number of anilines is 1. The van der Waals surface area contributed by atoms with Crippen molar-refractivity contribution < 1.29 is 13.2 Å². The first-order valence-corrected chi connectivity index (χ1v) is 11.1. The largest absolute Gasteiger partial charge is 0.387 e. The third kappa shape index (κ3) is 3.11. The third-order valence-corrected chi connectivity index (χ3v) is 8.19. The zero-order valence-corrected chi connectivity index (χ0v) is 16.0. The second-order valence-electron chi connectivity index (χ2n) is 7.83. The van der Waals surface area contributed by atoms with Gasteiger partial charge in [-0.25, -0.2) is 8.42 Å². The molecule has 0 radical (unpaired) electrons. The van der Waals surface area contributed by atoms with Gasteiger partial charge in [-0.2, -0.15) is 4.31 Å². The van der Waals surface area contributed by atoms with Crippen molar-refractivity contribution in [3.05, 3.63) is 23.8 Å². The summed E-state index contributed by atoms with van der Waals surface area (Å²) in [5.41, 5.74) is 0.956. The lowest BCUT2D eigenvalue weighted by Crippen LogP contribution is -2.38. The highest BCUT2D eigenvalue weighted by atomic mass is 32.2. The van der Waals surface area contributed by atoms with E-state index in [1.54, 1.807) is 19.2 Å². The maximum absolute atomic E-state index is 13.0. The maximum Gasteiger partial charge on any atom is 0.251 e. The molecule has 4 rings (SSSR count). The van der Waals surface area contributed by atoms with E-state index in [4.69, 9.17) is 0 Å². The average Bonchev–Trinajstić information content (AvgIpc) is 3.39. The average molecular weight is 378 g/mol. The van der Waals surface area contributed by atoms with Crippen LogP contribution < -0.4 is 10.6 Å². The summed E-state index contributed by atoms with van der Waals surface area (Å²) in [5.74, 6) is 1.18. The molecule has 2 bridgehead atoms. The molecule has 0 aromatic heterocycles. The van der Waals surface area contributed by atoms with E-state index in [2.05, 4.69) is 10.6 Å². The first-order chi connectivity index (χ1) is 12.5. The maximum atomic E-state index is 13.0. The number of nitrogens with zero attached hydrogens (tertiary/aromatic N) is 1. The summed E-state index contributed by atoms with van der Waals surface area (Å²) in [6, 6.07) is 5.17. The Morgan fingerprint density at radius 1 is 1.15 bits per heavy atom. The number of amides is 1. The Hall–Kier alpha value is -1.60. The second-order valence-corrected chi connectivity index (χ2v) is 9.73. The molecule has 3 atom stereocenters. The molecular formula is C19H27N3O3S. The Bertz CT molecular complexity index is 802. The van der Waals surface area contributed by atoms with Crippen LogP contribution in [0.5, 0.6) is 0 Å². The molecule has 1 saturated heterocycles. The Morgan fingerprint density at radius 3 is 2.54 bits per heavy atom. The SMILES string of the molecule is CNc1ccc(C(=O)NC2CC3CCC2C3)cc1S(=O)(=O)N1CCCC1. The van der Waals surface area contributed by atoms with Crippen LogP contribution in [0.2, 0.25) is 0 Å². The molecule has 6 nitrogen and oxygen atoms in total. The fraction of sp³-hybridized carbons (Fsp3) is 0.632. The Kier molecular flexibility index (Phi) is 4.69. The number of sulfonamides is 1. The van der Waals surface area contributed by atoms with Gasteiger partial charge >= 0.3 is 0 Å². The lowest BCUT2D eigenvalue weighted by Gasteiger charge is -2.23. The van der Waals surface area contributed by atoms with Crippen LogP contribution in [-0.4, -0.2) is 44.8 Å². The molecule has 2 saturated carbocycles. The normalized spacial score (nSPS) is 28.4. The van der Waals surface area contributed by atoms with Crippen molar-refractivity contribution in [3.63, 3.8) is 0 Å². The summed E-state index contributed by atoms with van der Waals surface area (Å²) >= 11 is 0. The standard InChI is InChI=1S/C19H27N3O3S/c1-20-16-7-6-15(12-18(16)26(24,25)22-8-2-3-9-22)19(23)21-17-11-13-4-5-14(17)10-13/h6-7,12-14,17,20H,2-5,8-11H2,1H3,(H,21,23). The number of hydrogen-bond donors (Lipinski definition) is 2. The Labute approximate surface area is 155 Å². The van der Waals surface area contributed by atoms with Crippen LogP contribution in [0.25, 0.3) is 0 Å². The van der Waals surface area contributed by atoms with E-state index in [1.165, 1.54) is 29.6 Å². The molecule has 0 spiro atoms. The molecule has 3 aliphatic rings. The van der Waals surface area contributed by atoms with Crippen LogP contribution in [0.15, 0.2) is 23.1 Å². The number of nitrogens with one attached hydrogen (secondary N) is 2. The van der Waals surface area contributed by atoms with Crippen molar-refractivity contribution >= 4 is 21.6 Å². The fourth-order valence-electron chi connectivity index (χ4n) is 4.82. The fourth-order valence-corrected chi connectivity index (χ4v) is 6.57. The smallest absolute Gasteiger partial charge is 0.251 e. The monoisotopic (exact) mass is 377 g/mol. The minimum absolute atomic E-state index is 0.164. The number of rotatable bonds is 5. The molecule has 1 amide bonds. The van der Waals surface area contributed by atoms with Gasteiger partial charge in [-0.15, -0.1) is 0 Å². The van der Waals surface area contributed by atoms with E-state index in [1.807, 2.05) is 0 Å². The van der Waals surface area contributed by atoms with Gasteiger partial charge < -0.3 is 10.6 Å². The van der Waals surface area contributed by atoms with Gasteiger partial charge in [-0.05, 0) is 62.1 Å². The van der Waals surface area contributed by atoms with Gasteiger partial charge in [0.2, 0.25) is 10.0 Å². The first kappa shape index (κ1) is 17.8. The van der Waals surface area contributed by atoms with Gasteiger partial charge in [0.05, 0.1) is 5.69 Å². The van der Waals surface area contributed by atoms with Crippen molar-refractivity contribution in [1.82, 2.24) is 9.62 Å². The van der Waals surface area contributed by atoms with Crippen LogP contribution in [0.3, 0.4) is 0 Å². The number of fused-ring (bicyclic) bond motifs is 2. The number of benzene rings is 1.